The van der Waals surface area contributed by atoms with Gasteiger partial charge >= 0.3 is 0 Å². The van der Waals surface area contributed by atoms with Crippen molar-refractivity contribution in [3.8, 4) is 11.1 Å². The van der Waals surface area contributed by atoms with Crippen LogP contribution >= 0.6 is 0 Å². The molecule has 0 spiro atoms. The summed E-state index contributed by atoms with van der Waals surface area (Å²) in [7, 11) is 0. The fourth-order valence-corrected chi connectivity index (χ4v) is 5.57. The molecule has 0 aliphatic carbocycles. The maximum Gasteiger partial charge on any atom is 0.224 e. The van der Waals surface area contributed by atoms with E-state index in [1.165, 1.54) is 27.8 Å². The van der Waals surface area contributed by atoms with Crippen molar-refractivity contribution in [3.05, 3.63) is 108 Å². The third-order valence-electron chi connectivity index (χ3n) is 7.65. The molecule has 1 amide bonds. The molecule has 5 rings (SSSR count). The Morgan fingerprint density at radius 3 is 2.58 bits per heavy atom. The number of nitrogens with zero attached hydrogens (tertiary/aromatic N) is 4. The quantitative estimate of drug-likeness (QED) is 0.323. The van der Waals surface area contributed by atoms with Crippen LogP contribution in [-0.2, 0) is 24.3 Å². The number of carbonyl (C=O) groups is 1. The van der Waals surface area contributed by atoms with E-state index >= 15 is 0 Å². The molecule has 4 aromatic rings. The van der Waals surface area contributed by atoms with Crippen LogP contribution in [0.1, 0.15) is 29.5 Å². The van der Waals surface area contributed by atoms with Crippen LogP contribution in [0.25, 0.3) is 11.1 Å². The van der Waals surface area contributed by atoms with Gasteiger partial charge in [0.15, 0.2) is 0 Å². The van der Waals surface area contributed by atoms with Gasteiger partial charge in [-0.25, -0.2) is 4.98 Å². The molecule has 6 heteroatoms. The number of amides is 1. The van der Waals surface area contributed by atoms with Gasteiger partial charge in [-0.2, -0.15) is 5.10 Å². The molecule has 2 heterocycles. The van der Waals surface area contributed by atoms with E-state index < -0.39 is 0 Å². The lowest BCUT2D eigenvalue weighted by atomic mass is 9.93. The lowest BCUT2D eigenvalue weighted by Crippen LogP contribution is -2.44. The van der Waals surface area contributed by atoms with Gasteiger partial charge in [-0.15, -0.1) is 0 Å². The highest BCUT2D eigenvalue weighted by Gasteiger charge is 2.27. The third kappa shape index (κ3) is 6.75. The van der Waals surface area contributed by atoms with Crippen molar-refractivity contribution in [2.75, 3.05) is 19.6 Å². The van der Waals surface area contributed by atoms with Crippen molar-refractivity contribution < 1.29 is 4.79 Å². The molecule has 1 aliphatic rings. The molecule has 6 nitrogen and oxygen atoms in total. The first kappa shape index (κ1) is 25.9. The standard InChI is InChI=1S/C32H37N5O/c1-25-29(14-8-16-31(25)28-12-6-3-7-13-28)21-36-17-9-15-30(22-36)32(38)34-19-27(20-37-24-33-23-35-37)18-26-10-4-2-5-11-26/h2-8,10-14,16,23-24,27,30H,9,15,17-22H2,1H3,(H,34,38). The predicted octanol–water partition coefficient (Wildman–Crippen LogP) is 5.14. The molecule has 2 unspecified atom stereocenters. The number of hydrogen-bond acceptors (Lipinski definition) is 4. The molecule has 1 N–H and O–H groups in total. The highest BCUT2D eigenvalue weighted by Crippen LogP contribution is 2.27. The normalized spacial score (nSPS) is 16.7. The monoisotopic (exact) mass is 507 g/mol. The molecule has 1 fully saturated rings. The molecular weight excluding hydrogens is 470 g/mol. The van der Waals surface area contributed by atoms with E-state index in [2.05, 4.69) is 100 Å². The zero-order chi connectivity index (χ0) is 26.2. The van der Waals surface area contributed by atoms with E-state index in [0.29, 0.717) is 6.54 Å². The van der Waals surface area contributed by atoms with Gasteiger partial charge in [0.05, 0.1) is 5.92 Å². The summed E-state index contributed by atoms with van der Waals surface area (Å²) in [5.41, 5.74) is 6.46. The summed E-state index contributed by atoms with van der Waals surface area (Å²) in [6.07, 6.45) is 6.17. The highest BCUT2D eigenvalue weighted by atomic mass is 16.1. The number of rotatable bonds is 10. The van der Waals surface area contributed by atoms with Crippen LogP contribution in [0.15, 0.2) is 91.5 Å². The van der Waals surface area contributed by atoms with Gasteiger partial charge < -0.3 is 5.32 Å². The fraction of sp³-hybridized carbons (Fsp3) is 0.344. The lowest BCUT2D eigenvalue weighted by molar-refractivity contribution is -0.127. The molecule has 1 saturated heterocycles. The van der Waals surface area contributed by atoms with Gasteiger partial charge in [0.25, 0.3) is 0 Å². The average Bonchev–Trinajstić information content (AvgIpc) is 3.47. The summed E-state index contributed by atoms with van der Waals surface area (Å²) in [6.45, 7) is 6.27. The molecule has 0 saturated carbocycles. The number of likely N-dealkylation sites (tertiary alicyclic amines) is 1. The molecule has 2 atom stereocenters. The number of benzene rings is 3. The van der Waals surface area contributed by atoms with Crippen LogP contribution < -0.4 is 5.32 Å². The third-order valence-corrected chi connectivity index (χ3v) is 7.65. The summed E-state index contributed by atoms with van der Waals surface area (Å²) >= 11 is 0. The van der Waals surface area contributed by atoms with Crippen LogP contribution in [0, 0.1) is 18.8 Å². The van der Waals surface area contributed by atoms with E-state index in [-0.39, 0.29) is 17.7 Å². The van der Waals surface area contributed by atoms with Gasteiger partial charge in [0.1, 0.15) is 12.7 Å². The van der Waals surface area contributed by atoms with Crippen LogP contribution in [0.3, 0.4) is 0 Å². The van der Waals surface area contributed by atoms with Gasteiger partial charge in [0, 0.05) is 26.2 Å². The molecule has 1 aliphatic heterocycles. The first-order valence-electron chi connectivity index (χ1n) is 13.7. The summed E-state index contributed by atoms with van der Waals surface area (Å²) in [6, 6.07) is 27.6. The van der Waals surface area contributed by atoms with E-state index in [9.17, 15) is 4.79 Å². The van der Waals surface area contributed by atoms with Gasteiger partial charge in [-0.05, 0) is 66.5 Å². The van der Waals surface area contributed by atoms with E-state index in [1.807, 2.05) is 10.7 Å². The summed E-state index contributed by atoms with van der Waals surface area (Å²) < 4.78 is 1.86. The van der Waals surface area contributed by atoms with Crippen LogP contribution in [0.4, 0.5) is 0 Å². The Bertz CT molecular complexity index is 1290. The molecule has 38 heavy (non-hydrogen) atoms. The van der Waals surface area contributed by atoms with Crippen molar-refractivity contribution in [1.82, 2.24) is 25.0 Å². The Hall–Kier alpha value is -3.77. The molecule has 196 valence electrons. The second-order valence-corrected chi connectivity index (χ2v) is 10.4. The van der Waals surface area contributed by atoms with E-state index in [1.54, 1.807) is 12.7 Å². The first-order valence-corrected chi connectivity index (χ1v) is 13.7. The number of aromatic nitrogens is 3. The molecule has 1 aromatic heterocycles. The van der Waals surface area contributed by atoms with Gasteiger partial charge in [-0.3, -0.25) is 14.4 Å². The van der Waals surface area contributed by atoms with Crippen LogP contribution in [-0.4, -0.2) is 45.2 Å². The fourth-order valence-electron chi connectivity index (χ4n) is 5.57. The number of piperidine rings is 1. The SMILES string of the molecule is Cc1c(CN2CCCC(C(=O)NCC(Cc3ccccc3)Cn3cncn3)C2)cccc1-c1ccccc1. The van der Waals surface area contributed by atoms with Crippen molar-refractivity contribution in [3.63, 3.8) is 0 Å². The summed E-state index contributed by atoms with van der Waals surface area (Å²) in [5, 5.41) is 7.57. The Morgan fingerprint density at radius 1 is 1.03 bits per heavy atom. The second-order valence-electron chi connectivity index (χ2n) is 10.4. The molecule has 0 bridgehead atoms. The zero-order valence-corrected chi connectivity index (χ0v) is 22.2. The smallest absolute Gasteiger partial charge is 0.224 e. The van der Waals surface area contributed by atoms with Crippen LogP contribution in [0.5, 0.6) is 0 Å². The van der Waals surface area contributed by atoms with Crippen molar-refractivity contribution >= 4 is 5.91 Å². The Balaban J connectivity index is 1.19. The average molecular weight is 508 g/mol. The van der Waals surface area contributed by atoms with Crippen molar-refractivity contribution in [2.24, 2.45) is 11.8 Å². The zero-order valence-electron chi connectivity index (χ0n) is 22.2. The minimum absolute atomic E-state index is 0.0186. The summed E-state index contributed by atoms with van der Waals surface area (Å²) in [4.78, 5) is 19.8. The number of carbonyl (C=O) groups excluding carboxylic acids is 1. The Kier molecular flexibility index (Phi) is 8.61. The largest absolute Gasteiger partial charge is 0.355 e. The number of nitrogens with one attached hydrogen (secondary N) is 1. The van der Waals surface area contributed by atoms with Gasteiger partial charge in [0.2, 0.25) is 5.91 Å². The number of hydrogen-bond donors (Lipinski definition) is 1. The highest BCUT2D eigenvalue weighted by molar-refractivity contribution is 5.79. The minimum atomic E-state index is 0.0186. The second kappa shape index (κ2) is 12.7. The van der Waals surface area contributed by atoms with Gasteiger partial charge in [-0.1, -0.05) is 78.9 Å². The Labute approximate surface area is 225 Å². The summed E-state index contributed by atoms with van der Waals surface area (Å²) in [5.74, 6) is 0.428. The molecule has 3 aromatic carbocycles. The Morgan fingerprint density at radius 2 is 1.82 bits per heavy atom. The maximum absolute atomic E-state index is 13.3. The maximum atomic E-state index is 13.3. The van der Waals surface area contributed by atoms with Crippen molar-refractivity contribution in [1.29, 1.82) is 0 Å². The van der Waals surface area contributed by atoms with Crippen LogP contribution in [0.2, 0.25) is 0 Å². The van der Waals surface area contributed by atoms with Crippen molar-refractivity contribution in [2.45, 2.75) is 39.3 Å². The molecule has 0 radical (unpaired) electrons. The van der Waals surface area contributed by atoms with E-state index in [0.717, 1.165) is 45.4 Å². The topological polar surface area (TPSA) is 63.1 Å². The molecular formula is C32H37N5O. The van der Waals surface area contributed by atoms with E-state index in [4.69, 9.17) is 0 Å². The lowest BCUT2D eigenvalue weighted by Gasteiger charge is -2.33. The minimum Gasteiger partial charge on any atom is -0.355 e. The predicted molar refractivity (Wildman–Crippen MR) is 151 cm³/mol. The first-order chi connectivity index (χ1) is 18.7.